The van der Waals surface area contributed by atoms with Gasteiger partial charge in [-0.05, 0) is 32.6 Å². The number of carbonyl (C=O) groups is 1. The standard InChI is InChI=1S/C21H31N7O/c1-5-22-21(24-13-19(27(2)3)16-12-25-28(4)14-16)23-11-15-10-20(29)26-18-9-7-6-8-17(15)18/h6-9,12,14-15,19H,5,10-11,13H2,1-4H3,(H,26,29)(H2,22,23,24). The van der Waals surface area contributed by atoms with Crippen molar-refractivity contribution in [2.45, 2.75) is 25.3 Å². The molecule has 1 amide bonds. The number of anilines is 1. The number of para-hydroxylation sites is 1. The van der Waals surface area contributed by atoms with Crippen molar-refractivity contribution in [1.82, 2.24) is 25.3 Å². The molecule has 0 saturated carbocycles. The monoisotopic (exact) mass is 397 g/mol. The molecule has 0 radical (unpaired) electrons. The van der Waals surface area contributed by atoms with Gasteiger partial charge in [0.25, 0.3) is 0 Å². The molecule has 3 N–H and O–H groups in total. The minimum absolute atomic E-state index is 0.0571. The summed E-state index contributed by atoms with van der Waals surface area (Å²) in [7, 11) is 6.01. The molecule has 2 atom stereocenters. The lowest BCUT2D eigenvalue weighted by atomic mass is 9.90. The SMILES string of the molecule is CCNC(=NCC(c1cnn(C)c1)N(C)C)NCC1CC(=O)Nc2ccccc21. The number of carbonyl (C=O) groups excluding carboxylic acids is 1. The van der Waals surface area contributed by atoms with Crippen molar-refractivity contribution in [3.63, 3.8) is 0 Å². The van der Waals surface area contributed by atoms with Crippen molar-refractivity contribution in [2.24, 2.45) is 12.0 Å². The van der Waals surface area contributed by atoms with Crippen LogP contribution in [0, 0.1) is 0 Å². The summed E-state index contributed by atoms with van der Waals surface area (Å²) in [4.78, 5) is 19.0. The maximum Gasteiger partial charge on any atom is 0.225 e. The molecule has 2 aromatic rings. The van der Waals surface area contributed by atoms with Crippen molar-refractivity contribution in [1.29, 1.82) is 0 Å². The summed E-state index contributed by atoms with van der Waals surface area (Å²) in [5, 5.41) is 14.0. The van der Waals surface area contributed by atoms with Crippen LogP contribution < -0.4 is 16.0 Å². The Morgan fingerprint density at radius 3 is 2.86 bits per heavy atom. The second kappa shape index (κ2) is 9.56. The lowest BCUT2D eigenvalue weighted by molar-refractivity contribution is -0.116. The molecular formula is C21H31N7O. The Morgan fingerprint density at radius 1 is 1.38 bits per heavy atom. The van der Waals surface area contributed by atoms with Gasteiger partial charge in [0.05, 0.1) is 18.8 Å². The number of hydrogen-bond acceptors (Lipinski definition) is 4. The number of guanidine groups is 1. The smallest absolute Gasteiger partial charge is 0.225 e. The number of rotatable bonds is 7. The van der Waals surface area contributed by atoms with Crippen LogP contribution in [0.15, 0.2) is 41.7 Å². The second-order valence-electron chi connectivity index (χ2n) is 7.56. The molecule has 29 heavy (non-hydrogen) atoms. The number of hydrogen-bond donors (Lipinski definition) is 3. The van der Waals surface area contributed by atoms with Gasteiger partial charge in [-0.25, -0.2) is 0 Å². The van der Waals surface area contributed by atoms with E-state index >= 15 is 0 Å². The normalized spacial score (nSPS) is 17.6. The van der Waals surface area contributed by atoms with E-state index in [1.165, 1.54) is 0 Å². The largest absolute Gasteiger partial charge is 0.357 e. The predicted octanol–water partition coefficient (Wildman–Crippen LogP) is 1.70. The van der Waals surface area contributed by atoms with E-state index in [2.05, 4.69) is 32.0 Å². The molecule has 0 bridgehead atoms. The van der Waals surface area contributed by atoms with Gasteiger partial charge in [0.2, 0.25) is 5.91 Å². The number of nitrogens with zero attached hydrogens (tertiary/aromatic N) is 4. The van der Waals surface area contributed by atoms with E-state index in [1.807, 2.05) is 63.3 Å². The molecular weight excluding hydrogens is 366 g/mol. The molecule has 0 saturated heterocycles. The molecule has 0 aliphatic carbocycles. The van der Waals surface area contributed by atoms with Gasteiger partial charge in [-0.1, -0.05) is 18.2 Å². The zero-order valence-electron chi connectivity index (χ0n) is 17.6. The number of aryl methyl sites for hydroxylation is 1. The Balaban J connectivity index is 1.69. The third-order valence-electron chi connectivity index (χ3n) is 5.12. The van der Waals surface area contributed by atoms with E-state index in [4.69, 9.17) is 4.99 Å². The second-order valence-corrected chi connectivity index (χ2v) is 7.56. The minimum atomic E-state index is 0.0571. The highest BCUT2D eigenvalue weighted by Gasteiger charge is 2.25. The lowest BCUT2D eigenvalue weighted by Crippen LogP contribution is -2.41. The minimum Gasteiger partial charge on any atom is -0.357 e. The topological polar surface area (TPSA) is 86.6 Å². The quantitative estimate of drug-likeness (QED) is 0.489. The van der Waals surface area contributed by atoms with Gasteiger partial charge < -0.3 is 20.9 Å². The highest BCUT2D eigenvalue weighted by Crippen LogP contribution is 2.31. The van der Waals surface area contributed by atoms with E-state index in [0.717, 1.165) is 29.3 Å². The summed E-state index contributed by atoms with van der Waals surface area (Å²) in [5.74, 6) is 0.931. The van der Waals surface area contributed by atoms with Crippen LogP contribution in [0.4, 0.5) is 5.69 Å². The van der Waals surface area contributed by atoms with Crippen LogP contribution in [-0.2, 0) is 11.8 Å². The average molecular weight is 398 g/mol. The van der Waals surface area contributed by atoms with Crippen molar-refractivity contribution in [3.05, 3.63) is 47.8 Å². The van der Waals surface area contributed by atoms with Gasteiger partial charge in [-0.15, -0.1) is 0 Å². The number of likely N-dealkylation sites (N-methyl/N-ethyl adjacent to an activating group) is 1. The number of benzene rings is 1. The number of nitrogens with one attached hydrogen (secondary N) is 3. The zero-order chi connectivity index (χ0) is 20.8. The molecule has 2 unspecified atom stereocenters. The molecule has 1 aliphatic heterocycles. The zero-order valence-corrected chi connectivity index (χ0v) is 17.6. The number of fused-ring (bicyclic) bond motifs is 1. The fourth-order valence-electron chi connectivity index (χ4n) is 3.60. The molecule has 1 aromatic heterocycles. The van der Waals surface area contributed by atoms with E-state index in [9.17, 15) is 4.79 Å². The molecule has 156 valence electrons. The van der Waals surface area contributed by atoms with Crippen molar-refractivity contribution in [3.8, 4) is 0 Å². The summed E-state index contributed by atoms with van der Waals surface area (Å²) in [6.07, 6.45) is 4.38. The van der Waals surface area contributed by atoms with E-state index in [1.54, 1.807) is 0 Å². The van der Waals surface area contributed by atoms with Gasteiger partial charge in [0.1, 0.15) is 0 Å². The van der Waals surface area contributed by atoms with Crippen LogP contribution >= 0.6 is 0 Å². The fraction of sp³-hybridized carbons (Fsp3) is 0.476. The first-order valence-electron chi connectivity index (χ1n) is 10.0. The Kier molecular flexibility index (Phi) is 6.87. The molecule has 0 spiro atoms. The Morgan fingerprint density at radius 2 is 2.17 bits per heavy atom. The van der Waals surface area contributed by atoms with Crippen molar-refractivity contribution < 1.29 is 4.79 Å². The van der Waals surface area contributed by atoms with Gasteiger partial charge in [-0.3, -0.25) is 14.5 Å². The van der Waals surface area contributed by atoms with Gasteiger partial charge in [-0.2, -0.15) is 5.10 Å². The Bertz CT molecular complexity index is 858. The van der Waals surface area contributed by atoms with Gasteiger partial charge in [0, 0.05) is 49.9 Å². The first kappa shape index (κ1) is 20.9. The fourth-order valence-corrected chi connectivity index (χ4v) is 3.60. The van der Waals surface area contributed by atoms with E-state index in [0.29, 0.717) is 19.5 Å². The highest BCUT2D eigenvalue weighted by atomic mass is 16.1. The molecule has 8 nitrogen and oxygen atoms in total. The summed E-state index contributed by atoms with van der Waals surface area (Å²) < 4.78 is 1.81. The third-order valence-corrected chi connectivity index (χ3v) is 5.12. The molecule has 3 rings (SSSR count). The summed E-state index contributed by atoms with van der Waals surface area (Å²) >= 11 is 0. The third kappa shape index (κ3) is 5.35. The Hall–Kier alpha value is -2.87. The summed E-state index contributed by atoms with van der Waals surface area (Å²) in [6, 6.07) is 8.13. The van der Waals surface area contributed by atoms with Gasteiger partial charge in [0.15, 0.2) is 5.96 Å². The van der Waals surface area contributed by atoms with Crippen molar-refractivity contribution >= 4 is 17.6 Å². The average Bonchev–Trinajstić information content (AvgIpc) is 3.11. The van der Waals surface area contributed by atoms with E-state index < -0.39 is 0 Å². The first-order chi connectivity index (χ1) is 14.0. The van der Waals surface area contributed by atoms with Crippen molar-refractivity contribution in [2.75, 3.05) is 39.0 Å². The molecule has 0 fully saturated rings. The number of aromatic nitrogens is 2. The van der Waals surface area contributed by atoms with Crippen LogP contribution in [-0.4, -0.2) is 60.3 Å². The maximum absolute atomic E-state index is 12.1. The number of aliphatic imine (C=N–C) groups is 1. The molecule has 1 aromatic carbocycles. The lowest BCUT2D eigenvalue weighted by Gasteiger charge is -2.26. The van der Waals surface area contributed by atoms with E-state index in [-0.39, 0.29) is 17.9 Å². The van der Waals surface area contributed by atoms with Crippen LogP contribution in [0.3, 0.4) is 0 Å². The highest BCUT2D eigenvalue weighted by molar-refractivity contribution is 5.94. The molecule has 1 aliphatic rings. The number of amides is 1. The van der Waals surface area contributed by atoms with Gasteiger partial charge >= 0.3 is 0 Å². The molecule has 8 heteroatoms. The maximum atomic E-state index is 12.1. The van der Waals surface area contributed by atoms with Crippen LogP contribution in [0.2, 0.25) is 0 Å². The van der Waals surface area contributed by atoms with Crippen LogP contribution in [0.5, 0.6) is 0 Å². The summed E-state index contributed by atoms with van der Waals surface area (Å²) in [6.45, 7) is 4.07. The van der Waals surface area contributed by atoms with Crippen LogP contribution in [0.25, 0.3) is 0 Å². The van der Waals surface area contributed by atoms with Crippen LogP contribution in [0.1, 0.15) is 36.4 Å². The Labute approximate surface area is 172 Å². The predicted molar refractivity (Wildman–Crippen MR) is 116 cm³/mol. The summed E-state index contributed by atoms with van der Waals surface area (Å²) in [5.41, 5.74) is 3.20. The molecule has 2 heterocycles. The first-order valence-corrected chi connectivity index (χ1v) is 10.0.